The number of aryl methyl sites for hydroxylation is 1. The second-order valence-electron chi connectivity index (χ2n) is 12.7. The zero-order valence-corrected chi connectivity index (χ0v) is 27.0. The number of amides is 3. The molecule has 0 radical (unpaired) electrons. The first kappa shape index (κ1) is 31.6. The molecule has 2 heterocycles. The summed E-state index contributed by atoms with van der Waals surface area (Å²) in [5.41, 5.74) is 5.71. The van der Waals surface area contributed by atoms with E-state index in [1.807, 2.05) is 29.2 Å². The molecule has 0 saturated carbocycles. The Morgan fingerprint density at radius 1 is 0.933 bits per heavy atom. The van der Waals surface area contributed by atoms with Crippen LogP contribution in [0.5, 0.6) is 11.5 Å². The number of nitrogens with one attached hydrogen (secondary N) is 2. The van der Waals surface area contributed by atoms with Crippen molar-refractivity contribution in [3.8, 4) is 17.2 Å². The van der Waals surface area contributed by atoms with Gasteiger partial charge in [-0.05, 0) is 84.5 Å². The summed E-state index contributed by atoms with van der Waals surface area (Å²) in [6, 6.07) is 21.0. The van der Waals surface area contributed by atoms with Crippen molar-refractivity contribution >= 4 is 23.4 Å². The number of ether oxygens (including phenoxy) is 2. The van der Waals surface area contributed by atoms with Gasteiger partial charge in [-0.2, -0.15) is 5.10 Å². The van der Waals surface area contributed by atoms with Gasteiger partial charge in [-0.1, -0.05) is 45.0 Å². The van der Waals surface area contributed by atoms with Crippen LogP contribution in [0.2, 0.25) is 0 Å². The zero-order valence-electron chi connectivity index (χ0n) is 27.0. The highest BCUT2D eigenvalue weighted by Gasteiger charge is 2.26. The van der Waals surface area contributed by atoms with Gasteiger partial charge in [0.05, 0.1) is 31.7 Å². The maximum atomic E-state index is 13.2. The largest absolute Gasteiger partial charge is 0.497 e. The molecule has 2 N–H and O–H groups in total. The monoisotopic (exact) mass is 609 g/mol. The molecule has 4 aromatic rings. The molecular weight excluding hydrogens is 566 g/mol. The standard InChI is InChI=1S/C36H43N5O4/c1-24-20-27(36(2,3)4)10-13-31(24)41-33(14-17-37-41)39-35(43)38-28-9-7-8-26(22-28)21-25-15-18-40(19-16-25)34(42)30-12-11-29(44-5)23-32(30)45-6/h7-14,17,20,22-23,25H,15-16,18-19,21H2,1-6H3,(H2,38,39,43). The first-order chi connectivity index (χ1) is 21.5. The minimum absolute atomic E-state index is 0.0245. The van der Waals surface area contributed by atoms with E-state index in [-0.39, 0.29) is 17.4 Å². The van der Waals surface area contributed by atoms with Crippen molar-refractivity contribution in [2.75, 3.05) is 37.9 Å². The first-order valence-electron chi connectivity index (χ1n) is 15.4. The topological polar surface area (TPSA) is 97.7 Å². The van der Waals surface area contributed by atoms with E-state index in [1.54, 1.807) is 49.4 Å². The Kier molecular flexibility index (Phi) is 9.46. The van der Waals surface area contributed by atoms with E-state index in [0.29, 0.717) is 41.9 Å². The lowest BCUT2D eigenvalue weighted by atomic mass is 9.86. The molecule has 1 fully saturated rings. The summed E-state index contributed by atoms with van der Waals surface area (Å²) in [7, 11) is 3.15. The Morgan fingerprint density at radius 3 is 2.40 bits per heavy atom. The van der Waals surface area contributed by atoms with Gasteiger partial charge in [0.25, 0.3) is 5.91 Å². The fraction of sp³-hybridized carbons (Fsp3) is 0.361. The molecule has 0 spiro atoms. The third kappa shape index (κ3) is 7.48. The number of urea groups is 1. The summed E-state index contributed by atoms with van der Waals surface area (Å²) in [6.07, 6.45) is 4.37. The van der Waals surface area contributed by atoms with Gasteiger partial charge in [0.1, 0.15) is 17.3 Å². The number of anilines is 2. The van der Waals surface area contributed by atoms with E-state index in [0.717, 1.165) is 41.8 Å². The fourth-order valence-electron chi connectivity index (χ4n) is 5.82. The summed E-state index contributed by atoms with van der Waals surface area (Å²) in [4.78, 5) is 28.1. The average molecular weight is 610 g/mol. The molecule has 1 aliphatic rings. The number of nitrogens with zero attached hydrogens (tertiary/aromatic N) is 3. The lowest BCUT2D eigenvalue weighted by Crippen LogP contribution is -2.39. The normalized spacial score (nSPS) is 13.8. The van der Waals surface area contributed by atoms with Gasteiger partial charge >= 0.3 is 6.03 Å². The molecule has 9 nitrogen and oxygen atoms in total. The number of benzene rings is 3. The molecule has 236 valence electrons. The number of methoxy groups -OCH3 is 2. The van der Waals surface area contributed by atoms with Crippen LogP contribution in [0.15, 0.2) is 72.9 Å². The molecule has 0 unspecified atom stereocenters. The van der Waals surface area contributed by atoms with Crippen molar-refractivity contribution in [2.45, 2.75) is 52.4 Å². The fourth-order valence-corrected chi connectivity index (χ4v) is 5.82. The number of hydrogen-bond acceptors (Lipinski definition) is 5. The van der Waals surface area contributed by atoms with Gasteiger partial charge in [0.15, 0.2) is 0 Å². The van der Waals surface area contributed by atoms with Crippen LogP contribution in [0, 0.1) is 12.8 Å². The number of aromatic nitrogens is 2. The number of rotatable bonds is 8. The Labute approximate surface area is 265 Å². The lowest BCUT2D eigenvalue weighted by Gasteiger charge is -2.32. The summed E-state index contributed by atoms with van der Waals surface area (Å²) < 4.78 is 12.5. The average Bonchev–Trinajstić information content (AvgIpc) is 3.47. The minimum Gasteiger partial charge on any atom is -0.497 e. The second-order valence-corrected chi connectivity index (χ2v) is 12.7. The molecule has 0 aliphatic carbocycles. The summed E-state index contributed by atoms with van der Waals surface area (Å²) in [5, 5.41) is 10.4. The smallest absolute Gasteiger partial charge is 0.324 e. The number of carbonyl (C=O) groups is 2. The molecule has 1 aliphatic heterocycles. The Bertz CT molecular complexity index is 1660. The SMILES string of the molecule is COc1ccc(C(=O)N2CCC(Cc3cccc(NC(=O)Nc4ccnn4-c4ccc(C(C)(C)C)cc4C)c3)CC2)c(OC)c1. The van der Waals surface area contributed by atoms with Gasteiger partial charge in [-0.25, -0.2) is 9.48 Å². The first-order valence-corrected chi connectivity index (χ1v) is 15.4. The number of carbonyl (C=O) groups excluding carboxylic acids is 2. The highest BCUT2D eigenvalue weighted by molar-refractivity contribution is 5.99. The molecule has 0 atom stereocenters. The molecule has 45 heavy (non-hydrogen) atoms. The summed E-state index contributed by atoms with van der Waals surface area (Å²) in [6.45, 7) is 10.00. The van der Waals surface area contributed by atoms with E-state index in [9.17, 15) is 9.59 Å². The van der Waals surface area contributed by atoms with Crippen LogP contribution in [-0.4, -0.2) is 53.9 Å². The van der Waals surface area contributed by atoms with Crippen LogP contribution < -0.4 is 20.1 Å². The third-order valence-electron chi connectivity index (χ3n) is 8.43. The maximum Gasteiger partial charge on any atom is 0.324 e. The lowest BCUT2D eigenvalue weighted by molar-refractivity contribution is 0.0687. The highest BCUT2D eigenvalue weighted by Crippen LogP contribution is 2.30. The molecule has 1 saturated heterocycles. The molecule has 0 bridgehead atoms. The van der Waals surface area contributed by atoms with Crippen molar-refractivity contribution in [2.24, 2.45) is 5.92 Å². The van der Waals surface area contributed by atoms with Crippen molar-refractivity contribution in [1.29, 1.82) is 0 Å². The van der Waals surface area contributed by atoms with Crippen LogP contribution in [0.3, 0.4) is 0 Å². The third-order valence-corrected chi connectivity index (χ3v) is 8.43. The minimum atomic E-state index is -0.335. The van der Waals surface area contributed by atoms with Gasteiger partial charge < -0.3 is 19.7 Å². The van der Waals surface area contributed by atoms with Crippen molar-refractivity contribution in [1.82, 2.24) is 14.7 Å². The van der Waals surface area contributed by atoms with Crippen LogP contribution in [0.4, 0.5) is 16.3 Å². The van der Waals surface area contributed by atoms with E-state index >= 15 is 0 Å². The van der Waals surface area contributed by atoms with Gasteiger partial charge in [0.2, 0.25) is 0 Å². The predicted molar refractivity (Wildman–Crippen MR) is 178 cm³/mol. The highest BCUT2D eigenvalue weighted by atomic mass is 16.5. The Balaban J connectivity index is 1.16. The van der Waals surface area contributed by atoms with E-state index in [4.69, 9.17) is 9.47 Å². The number of piperidine rings is 1. The molecule has 1 aromatic heterocycles. The van der Waals surface area contributed by atoms with Gasteiger partial charge in [-0.15, -0.1) is 0 Å². The molecular formula is C36H43N5O4. The maximum absolute atomic E-state index is 13.2. The molecule has 9 heteroatoms. The van der Waals surface area contributed by atoms with Crippen molar-refractivity contribution in [3.05, 3.63) is 95.2 Å². The molecule has 3 aromatic carbocycles. The van der Waals surface area contributed by atoms with E-state index in [1.165, 1.54) is 5.56 Å². The summed E-state index contributed by atoms with van der Waals surface area (Å²) in [5.74, 6) is 2.18. The predicted octanol–water partition coefficient (Wildman–Crippen LogP) is 7.23. The van der Waals surface area contributed by atoms with Crippen LogP contribution >= 0.6 is 0 Å². The second kappa shape index (κ2) is 13.5. The van der Waals surface area contributed by atoms with Crippen molar-refractivity contribution in [3.63, 3.8) is 0 Å². The van der Waals surface area contributed by atoms with Crippen LogP contribution in [0.25, 0.3) is 5.69 Å². The Hall–Kier alpha value is -4.79. The number of hydrogen-bond donors (Lipinski definition) is 2. The van der Waals surface area contributed by atoms with E-state index < -0.39 is 0 Å². The Morgan fingerprint density at radius 2 is 1.71 bits per heavy atom. The van der Waals surface area contributed by atoms with Crippen LogP contribution in [0.1, 0.15) is 60.7 Å². The van der Waals surface area contributed by atoms with Crippen LogP contribution in [-0.2, 0) is 11.8 Å². The van der Waals surface area contributed by atoms with Gasteiger partial charge in [0, 0.05) is 30.9 Å². The van der Waals surface area contributed by atoms with Crippen molar-refractivity contribution < 1.29 is 19.1 Å². The number of likely N-dealkylation sites (tertiary alicyclic amines) is 1. The quantitative estimate of drug-likeness (QED) is 0.220. The summed E-state index contributed by atoms with van der Waals surface area (Å²) >= 11 is 0. The molecule has 5 rings (SSSR count). The van der Waals surface area contributed by atoms with Gasteiger partial charge in [-0.3, -0.25) is 10.1 Å². The molecule has 3 amide bonds. The van der Waals surface area contributed by atoms with E-state index in [2.05, 4.69) is 61.6 Å². The zero-order chi connectivity index (χ0) is 32.1.